The number of hydrogen-bond donors (Lipinski definition) is 4. The summed E-state index contributed by atoms with van der Waals surface area (Å²) in [7, 11) is 0.455. The van der Waals surface area contributed by atoms with Crippen molar-refractivity contribution in [2.45, 2.75) is 19.4 Å². The highest BCUT2D eigenvalue weighted by Gasteiger charge is 2.24. The first-order valence-electron chi connectivity index (χ1n) is 10.9. The maximum atomic E-state index is 11.8. The van der Waals surface area contributed by atoms with Gasteiger partial charge < -0.3 is 26.0 Å². The average molecular weight is 458 g/mol. The summed E-state index contributed by atoms with van der Waals surface area (Å²) in [5.74, 6) is 1.65. The van der Waals surface area contributed by atoms with Gasteiger partial charge in [0.2, 0.25) is 11.6 Å². The third kappa shape index (κ3) is 3.93. The van der Waals surface area contributed by atoms with Gasteiger partial charge >= 0.3 is 7.12 Å². The number of primary amides is 1. The highest BCUT2D eigenvalue weighted by molar-refractivity contribution is 6.58. The summed E-state index contributed by atoms with van der Waals surface area (Å²) in [5.41, 5.74) is 8.39. The van der Waals surface area contributed by atoms with Crippen molar-refractivity contribution in [3.63, 3.8) is 0 Å². The van der Waals surface area contributed by atoms with Gasteiger partial charge in [0.15, 0.2) is 5.65 Å². The number of nitrogens with two attached hydrogens (primary N) is 1. The minimum absolute atomic E-state index is 0.264. The van der Waals surface area contributed by atoms with Crippen LogP contribution in [0.15, 0.2) is 42.6 Å². The van der Waals surface area contributed by atoms with Gasteiger partial charge in [-0.15, -0.1) is 10.2 Å². The lowest BCUT2D eigenvalue weighted by Gasteiger charge is -2.28. The van der Waals surface area contributed by atoms with E-state index in [4.69, 9.17) is 15.7 Å². The van der Waals surface area contributed by atoms with E-state index in [-0.39, 0.29) is 5.56 Å². The number of fused-ring (bicyclic) bond motifs is 2. The molecule has 11 nitrogen and oxygen atoms in total. The van der Waals surface area contributed by atoms with Gasteiger partial charge in [0.05, 0.1) is 5.56 Å². The number of carbonyl (C=O) groups excluding carboxylic acids is 1. The lowest BCUT2D eigenvalue weighted by Crippen LogP contribution is -2.30. The van der Waals surface area contributed by atoms with E-state index < -0.39 is 13.0 Å². The predicted molar refractivity (Wildman–Crippen MR) is 128 cm³/mol. The van der Waals surface area contributed by atoms with Gasteiger partial charge in [0.25, 0.3) is 5.91 Å². The molecule has 0 aliphatic carbocycles. The molecule has 5 rings (SSSR count). The van der Waals surface area contributed by atoms with Gasteiger partial charge in [-0.05, 0) is 36.0 Å². The molecule has 3 aromatic heterocycles. The second-order valence-corrected chi connectivity index (χ2v) is 8.20. The number of nitrogens with one attached hydrogen (secondary N) is 1. The Balaban J connectivity index is 1.57. The van der Waals surface area contributed by atoms with Crippen molar-refractivity contribution >= 4 is 35.8 Å². The fourth-order valence-corrected chi connectivity index (χ4v) is 4.17. The van der Waals surface area contributed by atoms with Crippen LogP contribution in [-0.2, 0) is 13.0 Å². The maximum absolute atomic E-state index is 11.8. The highest BCUT2D eigenvalue weighted by atomic mass is 16.4. The van der Waals surface area contributed by atoms with Gasteiger partial charge in [-0.25, -0.2) is 9.97 Å². The normalized spacial score (nSPS) is 13.1. The van der Waals surface area contributed by atoms with E-state index in [9.17, 15) is 14.8 Å². The largest absolute Gasteiger partial charge is 0.488 e. The zero-order valence-electron chi connectivity index (χ0n) is 18.5. The number of aromatic nitrogens is 5. The van der Waals surface area contributed by atoms with Crippen LogP contribution in [-0.4, -0.2) is 61.2 Å². The summed E-state index contributed by atoms with van der Waals surface area (Å²) in [4.78, 5) is 23.4. The second kappa shape index (κ2) is 8.73. The highest BCUT2D eigenvalue weighted by Crippen LogP contribution is 2.32. The van der Waals surface area contributed by atoms with E-state index in [2.05, 4.69) is 20.4 Å². The van der Waals surface area contributed by atoms with E-state index in [1.165, 1.54) is 0 Å². The van der Waals surface area contributed by atoms with Crippen molar-refractivity contribution in [3.05, 3.63) is 59.3 Å². The van der Waals surface area contributed by atoms with Crippen LogP contribution in [0, 0.1) is 0 Å². The molecule has 1 aromatic carbocycles. The fourth-order valence-electron chi connectivity index (χ4n) is 4.17. The summed E-state index contributed by atoms with van der Waals surface area (Å²) in [6.07, 6.45) is 3.54. The molecular formula is C22H23BN8O3. The average Bonchev–Trinajstić information content (AvgIpc) is 3.27. The molecule has 1 amide bonds. The first-order valence-corrected chi connectivity index (χ1v) is 10.9. The van der Waals surface area contributed by atoms with Crippen molar-refractivity contribution < 1.29 is 14.8 Å². The van der Waals surface area contributed by atoms with Gasteiger partial charge in [0, 0.05) is 31.9 Å². The number of hydrogen-bond acceptors (Lipinski definition) is 9. The SMILES string of the molecule is CN1CCCc2c(NCc3cccc(B(O)O)c3)nc(-c3nnc4c(C(N)=O)cccn34)nc21. The molecule has 4 aromatic rings. The standard InChI is InChI=1S/C22H23BN8O3/c1-30-9-3-8-16-18(25-12-13-5-2-6-14(11-13)23(33)34)26-19(27-20(16)30)22-29-28-21-15(17(24)32)7-4-10-31(21)22/h2,4-7,10-11,33-34H,3,8-9,12H2,1H3,(H2,24,32)(H,25,26,27). The Morgan fingerprint density at radius 3 is 2.85 bits per heavy atom. The zero-order chi connectivity index (χ0) is 23.8. The Kier molecular flexibility index (Phi) is 5.60. The Hall–Kier alpha value is -4.03. The van der Waals surface area contributed by atoms with Crippen molar-refractivity contribution in [1.29, 1.82) is 0 Å². The Morgan fingerprint density at radius 1 is 1.21 bits per heavy atom. The monoisotopic (exact) mass is 458 g/mol. The molecule has 0 saturated carbocycles. The van der Waals surface area contributed by atoms with Crippen LogP contribution in [0.3, 0.4) is 0 Å². The van der Waals surface area contributed by atoms with Crippen LogP contribution in [0.5, 0.6) is 0 Å². The van der Waals surface area contributed by atoms with Crippen molar-refractivity contribution in [3.8, 4) is 11.6 Å². The maximum Gasteiger partial charge on any atom is 0.488 e. The second-order valence-electron chi connectivity index (χ2n) is 8.20. The minimum atomic E-state index is -1.53. The van der Waals surface area contributed by atoms with Gasteiger partial charge in [0.1, 0.15) is 11.6 Å². The molecular weight excluding hydrogens is 435 g/mol. The third-order valence-corrected chi connectivity index (χ3v) is 5.88. The minimum Gasteiger partial charge on any atom is -0.423 e. The van der Waals surface area contributed by atoms with Crippen LogP contribution >= 0.6 is 0 Å². The van der Waals surface area contributed by atoms with E-state index in [0.29, 0.717) is 35.1 Å². The summed E-state index contributed by atoms with van der Waals surface area (Å²) >= 11 is 0. The smallest absolute Gasteiger partial charge is 0.423 e. The first-order chi connectivity index (χ1) is 16.4. The molecule has 0 atom stereocenters. The van der Waals surface area contributed by atoms with Crippen LogP contribution in [0.25, 0.3) is 17.3 Å². The number of rotatable bonds is 6. The first kappa shape index (κ1) is 21.8. The molecule has 0 bridgehead atoms. The molecule has 0 fully saturated rings. The molecule has 0 radical (unpaired) electrons. The summed E-state index contributed by atoms with van der Waals surface area (Å²) < 4.78 is 1.65. The molecule has 1 aliphatic heterocycles. The molecule has 5 N–H and O–H groups in total. The Bertz CT molecular complexity index is 1390. The van der Waals surface area contributed by atoms with Crippen LogP contribution in [0.2, 0.25) is 0 Å². The summed E-state index contributed by atoms with van der Waals surface area (Å²) in [6, 6.07) is 10.4. The Morgan fingerprint density at radius 2 is 2.06 bits per heavy atom. The molecule has 1 aliphatic rings. The molecule has 34 heavy (non-hydrogen) atoms. The lowest BCUT2D eigenvalue weighted by molar-refractivity contribution is 0.100. The van der Waals surface area contributed by atoms with Crippen LogP contribution in [0.4, 0.5) is 11.6 Å². The van der Waals surface area contributed by atoms with Crippen LogP contribution < -0.4 is 21.4 Å². The number of amides is 1. The number of nitrogens with zero attached hydrogens (tertiary/aromatic N) is 6. The predicted octanol–water partition coefficient (Wildman–Crippen LogP) is -0.0405. The summed E-state index contributed by atoms with van der Waals surface area (Å²) in [5, 5.41) is 30.7. The van der Waals surface area contributed by atoms with Crippen molar-refractivity contribution in [1.82, 2.24) is 24.6 Å². The van der Waals surface area contributed by atoms with E-state index in [1.54, 1.807) is 40.9 Å². The number of benzene rings is 1. The third-order valence-electron chi connectivity index (χ3n) is 5.88. The number of carbonyl (C=O) groups is 1. The van der Waals surface area contributed by atoms with Gasteiger partial charge in [-0.3, -0.25) is 9.20 Å². The Labute approximate surface area is 195 Å². The van der Waals surface area contributed by atoms with E-state index in [1.807, 2.05) is 13.1 Å². The molecule has 0 saturated heterocycles. The summed E-state index contributed by atoms with van der Waals surface area (Å²) in [6.45, 7) is 1.30. The molecule has 0 unspecified atom stereocenters. The lowest BCUT2D eigenvalue weighted by atomic mass is 9.79. The molecule has 172 valence electrons. The fraction of sp³-hybridized carbons (Fsp3) is 0.227. The molecule has 0 spiro atoms. The van der Waals surface area contributed by atoms with Crippen molar-refractivity contribution in [2.75, 3.05) is 23.8 Å². The van der Waals surface area contributed by atoms with Crippen molar-refractivity contribution in [2.24, 2.45) is 5.73 Å². The molecule has 12 heteroatoms. The quantitative estimate of drug-likeness (QED) is 0.291. The van der Waals surface area contributed by atoms with Gasteiger partial charge in [-0.1, -0.05) is 24.3 Å². The van der Waals surface area contributed by atoms with E-state index >= 15 is 0 Å². The molecule has 4 heterocycles. The number of pyridine rings is 1. The zero-order valence-corrected chi connectivity index (χ0v) is 18.5. The topological polar surface area (TPSA) is 155 Å². The van der Waals surface area contributed by atoms with Crippen LogP contribution in [0.1, 0.15) is 27.9 Å². The van der Waals surface area contributed by atoms with E-state index in [0.717, 1.165) is 36.3 Å². The number of anilines is 2. The van der Waals surface area contributed by atoms with Gasteiger partial charge in [-0.2, -0.15) is 0 Å².